The summed E-state index contributed by atoms with van der Waals surface area (Å²) in [5, 5.41) is 0. The van der Waals surface area contributed by atoms with E-state index in [1.807, 2.05) is 0 Å². The SMILES string of the molecule is CCCCCCS(=O)(=O)Nc1cc[c]cc1. The average Bonchev–Trinajstić information content (AvgIpc) is 2.25. The lowest BCUT2D eigenvalue weighted by Gasteiger charge is -2.07. The highest BCUT2D eigenvalue weighted by Gasteiger charge is 2.09. The summed E-state index contributed by atoms with van der Waals surface area (Å²) in [4.78, 5) is 0. The van der Waals surface area contributed by atoms with Gasteiger partial charge in [-0.1, -0.05) is 38.3 Å². The van der Waals surface area contributed by atoms with Gasteiger partial charge in [-0.25, -0.2) is 8.42 Å². The topological polar surface area (TPSA) is 46.2 Å². The monoisotopic (exact) mass is 240 g/mol. The van der Waals surface area contributed by atoms with E-state index in [4.69, 9.17) is 0 Å². The minimum absolute atomic E-state index is 0.200. The Morgan fingerprint density at radius 1 is 1.19 bits per heavy atom. The molecule has 0 saturated heterocycles. The van der Waals surface area contributed by atoms with Gasteiger partial charge in [0.2, 0.25) is 10.0 Å². The van der Waals surface area contributed by atoms with Crippen molar-refractivity contribution in [1.29, 1.82) is 0 Å². The summed E-state index contributed by atoms with van der Waals surface area (Å²) in [6.45, 7) is 2.10. The molecular formula is C12H18NO2S. The minimum atomic E-state index is -3.18. The van der Waals surface area contributed by atoms with Gasteiger partial charge in [-0.3, -0.25) is 4.72 Å². The van der Waals surface area contributed by atoms with Crippen LogP contribution in [0.3, 0.4) is 0 Å². The average molecular weight is 240 g/mol. The highest BCUT2D eigenvalue weighted by atomic mass is 32.2. The molecule has 0 amide bonds. The second-order valence-electron chi connectivity index (χ2n) is 3.77. The van der Waals surface area contributed by atoms with E-state index in [0.717, 1.165) is 25.7 Å². The minimum Gasteiger partial charge on any atom is -0.284 e. The fraction of sp³-hybridized carbons (Fsp3) is 0.500. The first-order valence-electron chi connectivity index (χ1n) is 5.60. The zero-order chi connectivity index (χ0) is 11.9. The summed E-state index contributed by atoms with van der Waals surface area (Å²) in [6, 6.07) is 9.62. The van der Waals surface area contributed by atoms with E-state index in [9.17, 15) is 8.42 Å². The van der Waals surface area contributed by atoms with Crippen molar-refractivity contribution >= 4 is 15.7 Å². The maximum Gasteiger partial charge on any atom is 0.232 e. The lowest BCUT2D eigenvalue weighted by atomic mass is 10.2. The van der Waals surface area contributed by atoms with Crippen molar-refractivity contribution in [2.45, 2.75) is 32.6 Å². The maximum atomic E-state index is 11.6. The fourth-order valence-electron chi connectivity index (χ4n) is 1.40. The fourth-order valence-corrected chi connectivity index (χ4v) is 2.59. The van der Waals surface area contributed by atoms with E-state index < -0.39 is 10.0 Å². The van der Waals surface area contributed by atoms with Crippen LogP contribution in [0.15, 0.2) is 24.3 Å². The van der Waals surface area contributed by atoms with Crippen LogP contribution in [-0.2, 0) is 10.0 Å². The summed E-state index contributed by atoms with van der Waals surface area (Å²) in [7, 11) is -3.18. The molecule has 0 atom stereocenters. The number of nitrogens with one attached hydrogen (secondary N) is 1. The largest absolute Gasteiger partial charge is 0.284 e. The first kappa shape index (κ1) is 13.0. The predicted molar refractivity (Wildman–Crippen MR) is 66.8 cm³/mol. The number of rotatable bonds is 7. The van der Waals surface area contributed by atoms with Crippen molar-refractivity contribution < 1.29 is 8.42 Å². The molecule has 0 bridgehead atoms. The molecule has 3 nitrogen and oxygen atoms in total. The first-order valence-corrected chi connectivity index (χ1v) is 7.26. The third-order valence-corrected chi connectivity index (χ3v) is 3.63. The van der Waals surface area contributed by atoms with Gasteiger partial charge in [-0.15, -0.1) is 0 Å². The maximum absolute atomic E-state index is 11.6. The van der Waals surface area contributed by atoms with E-state index in [0.29, 0.717) is 5.69 Å². The molecule has 0 aliphatic heterocycles. The van der Waals surface area contributed by atoms with Crippen LogP contribution < -0.4 is 4.72 Å². The van der Waals surface area contributed by atoms with Crippen LogP contribution in [0.4, 0.5) is 5.69 Å². The van der Waals surface area contributed by atoms with Crippen LogP contribution in [0, 0.1) is 6.07 Å². The highest BCUT2D eigenvalue weighted by Crippen LogP contribution is 2.09. The molecule has 1 radical (unpaired) electrons. The van der Waals surface area contributed by atoms with Gasteiger partial charge in [0.1, 0.15) is 0 Å². The van der Waals surface area contributed by atoms with Gasteiger partial charge in [0.25, 0.3) is 0 Å². The van der Waals surface area contributed by atoms with Crippen LogP contribution in [0.2, 0.25) is 0 Å². The molecule has 16 heavy (non-hydrogen) atoms. The lowest BCUT2D eigenvalue weighted by Crippen LogP contribution is -2.16. The Labute approximate surface area is 97.9 Å². The molecule has 0 fully saturated rings. The van der Waals surface area contributed by atoms with Crippen LogP contribution in [0.5, 0.6) is 0 Å². The number of benzene rings is 1. The van der Waals surface area contributed by atoms with Crippen LogP contribution in [0.1, 0.15) is 32.6 Å². The van der Waals surface area contributed by atoms with E-state index in [-0.39, 0.29) is 5.75 Å². The Balaban J connectivity index is 2.40. The molecule has 1 aromatic carbocycles. The molecular weight excluding hydrogens is 222 g/mol. The molecule has 4 heteroatoms. The Morgan fingerprint density at radius 3 is 2.50 bits per heavy atom. The van der Waals surface area contributed by atoms with Gasteiger partial charge in [0.15, 0.2) is 0 Å². The quantitative estimate of drug-likeness (QED) is 0.745. The summed E-state index contributed by atoms with van der Waals surface area (Å²) >= 11 is 0. The third kappa shape index (κ3) is 5.16. The normalized spacial score (nSPS) is 11.3. The van der Waals surface area contributed by atoms with Crippen molar-refractivity contribution in [2.24, 2.45) is 0 Å². The summed E-state index contributed by atoms with van der Waals surface area (Å²) in [5.41, 5.74) is 0.606. The second-order valence-corrected chi connectivity index (χ2v) is 5.61. The van der Waals surface area contributed by atoms with Gasteiger partial charge >= 0.3 is 0 Å². The number of unbranched alkanes of at least 4 members (excludes halogenated alkanes) is 3. The Bertz CT molecular complexity index is 387. The molecule has 0 aromatic heterocycles. The van der Waals surface area contributed by atoms with Crippen molar-refractivity contribution in [3.05, 3.63) is 30.3 Å². The summed E-state index contributed by atoms with van der Waals surface area (Å²) in [5.74, 6) is 0.200. The van der Waals surface area contributed by atoms with Gasteiger partial charge in [-0.2, -0.15) is 0 Å². The molecule has 1 rings (SSSR count). The smallest absolute Gasteiger partial charge is 0.232 e. The first-order chi connectivity index (χ1) is 7.64. The molecule has 0 spiro atoms. The lowest BCUT2D eigenvalue weighted by molar-refractivity contribution is 0.594. The molecule has 0 unspecified atom stereocenters. The molecule has 1 N–H and O–H groups in total. The third-order valence-electron chi connectivity index (χ3n) is 2.26. The van der Waals surface area contributed by atoms with Crippen molar-refractivity contribution in [2.75, 3.05) is 10.5 Å². The van der Waals surface area contributed by atoms with E-state index in [1.165, 1.54) is 0 Å². The molecule has 0 saturated carbocycles. The molecule has 0 aliphatic carbocycles. The van der Waals surface area contributed by atoms with Gasteiger partial charge < -0.3 is 0 Å². The van der Waals surface area contributed by atoms with Gasteiger partial charge in [0.05, 0.1) is 5.75 Å². The van der Waals surface area contributed by atoms with Crippen molar-refractivity contribution in [3.63, 3.8) is 0 Å². The zero-order valence-electron chi connectivity index (χ0n) is 9.57. The van der Waals surface area contributed by atoms with Gasteiger partial charge in [0, 0.05) is 5.69 Å². The second kappa shape index (κ2) is 6.53. The van der Waals surface area contributed by atoms with Crippen LogP contribution in [-0.4, -0.2) is 14.2 Å². The van der Waals surface area contributed by atoms with Gasteiger partial charge in [-0.05, 0) is 24.6 Å². The Morgan fingerprint density at radius 2 is 1.88 bits per heavy atom. The van der Waals surface area contributed by atoms with Crippen LogP contribution in [0.25, 0.3) is 0 Å². The molecule has 89 valence electrons. The number of anilines is 1. The number of hydrogen-bond acceptors (Lipinski definition) is 2. The molecule has 0 aliphatic rings. The predicted octanol–water partition coefficient (Wildman–Crippen LogP) is 2.81. The zero-order valence-corrected chi connectivity index (χ0v) is 10.4. The van der Waals surface area contributed by atoms with E-state index in [1.54, 1.807) is 24.3 Å². The number of sulfonamides is 1. The Hall–Kier alpha value is -1.03. The number of hydrogen-bond donors (Lipinski definition) is 1. The van der Waals surface area contributed by atoms with Crippen LogP contribution >= 0.6 is 0 Å². The molecule has 1 aromatic rings. The Kier molecular flexibility index (Phi) is 5.32. The van der Waals surface area contributed by atoms with Crippen molar-refractivity contribution in [3.8, 4) is 0 Å². The van der Waals surface area contributed by atoms with E-state index in [2.05, 4.69) is 17.7 Å². The highest BCUT2D eigenvalue weighted by molar-refractivity contribution is 7.92. The van der Waals surface area contributed by atoms with E-state index >= 15 is 0 Å². The van der Waals surface area contributed by atoms with Crippen molar-refractivity contribution in [1.82, 2.24) is 0 Å². The summed E-state index contributed by atoms with van der Waals surface area (Å²) in [6.07, 6.45) is 3.90. The standard InChI is InChI=1S/C12H18NO2S/c1-2-3-4-8-11-16(14,15)13-12-9-6-5-7-10-12/h6-7,9-10,13H,2-4,8,11H2,1H3. The molecule has 0 heterocycles. The summed E-state index contributed by atoms with van der Waals surface area (Å²) < 4.78 is 25.8.